The third-order valence-corrected chi connectivity index (χ3v) is 4.76. The number of aromatic nitrogens is 5. The highest BCUT2D eigenvalue weighted by Gasteiger charge is 2.28. The Labute approximate surface area is 138 Å². The maximum atomic E-state index is 13.0. The molecular formula is C17H18N6O. The van der Waals surface area contributed by atoms with Gasteiger partial charge < -0.3 is 4.98 Å². The normalized spacial score (nSPS) is 14.9. The van der Waals surface area contributed by atoms with Crippen molar-refractivity contribution in [3.8, 4) is 17.3 Å². The average Bonchev–Trinajstić information content (AvgIpc) is 3.14. The fourth-order valence-corrected chi connectivity index (χ4v) is 3.16. The van der Waals surface area contributed by atoms with Crippen molar-refractivity contribution in [2.75, 3.05) is 0 Å². The van der Waals surface area contributed by atoms with Crippen LogP contribution < -0.4 is 5.56 Å². The van der Waals surface area contributed by atoms with Gasteiger partial charge in [-0.1, -0.05) is 6.42 Å². The Morgan fingerprint density at radius 3 is 2.71 bits per heavy atom. The van der Waals surface area contributed by atoms with E-state index in [2.05, 4.69) is 35.1 Å². The maximum absolute atomic E-state index is 13.0. The van der Waals surface area contributed by atoms with Crippen LogP contribution in [0.5, 0.6) is 0 Å². The third kappa shape index (κ3) is 2.07. The van der Waals surface area contributed by atoms with Gasteiger partial charge in [-0.15, -0.1) is 0 Å². The lowest BCUT2D eigenvalue weighted by atomic mass is 9.79. The molecule has 1 N–H and O–H groups in total. The van der Waals surface area contributed by atoms with Crippen molar-refractivity contribution in [2.24, 2.45) is 0 Å². The van der Waals surface area contributed by atoms with Gasteiger partial charge in [0.1, 0.15) is 11.6 Å². The van der Waals surface area contributed by atoms with Crippen LogP contribution in [-0.2, 0) is 0 Å². The molecule has 0 aliphatic heterocycles. The summed E-state index contributed by atoms with van der Waals surface area (Å²) in [5, 5.41) is 17.7. The Kier molecular flexibility index (Phi) is 3.27. The van der Waals surface area contributed by atoms with Crippen molar-refractivity contribution in [3.63, 3.8) is 0 Å². The number of hydrogen-bond donors (Lipinski definition) is 1. The van der Waals surface area contributed by atoms with E-state index in [9.17, 15) is 10.1 Å². The first-order valence-electron chi connectivity index (χ1n) is 8.18. The zero-order valence-corrected chi connectivity index (χ0v) is 13.7. The first-order chi connectivity index (χ1) is 11.6. The number of rotatable bonds is 3. The Hall–Kier alpha value is -2.88. The molecule has 3 aromatic heterocycles. The Morgan fingerprint density at radius 1 is 1.33 bits per heavy atom. The summed E-state index contributed by atoms with van der Waals surface area (Å²) in [6, 6.07) is 2.32. The van der Waals surface area contributed by atoms with E-state index in [1.165, 1.54) is 10.7 Å². The zero-order chi connectivity index (χ0) is 16.8. The molecule has 24 heavy (non-hydrogen) atoms. The molecule has 7 nitrogen and oxygen atoms in total. The number of nitriles is 1. The smallest absolute Gasteiger partial charge is 0.278 e. The van der Waals surface area contributed by atoms with Crippen LogP contribution in [0, 0.1) is 11.3 Å². The Bertz CT molecular complexity index is 1010. The second-order valence-electron chi connectivity index (χ2n) is 6.58. The van der Waals surface area contributed by atoms with Crippen molar-refractivity contribution in [1.29, 1.82) is 5.26 Å². The molecule has 0 aromatic carbocycles. The Balaban J connectivity index is 2.00. The zero-order valence-electron chi connectivity index (χ0n) is 13.7. The van der Waals surface area contributed by atoms with E-state index in [1.54, 1.807) is 6.20 Å². The van der Waals surface area contributed by atoms with Crippen LogP contribution in [0.2, 0.25) is 0 Å². The lowest BCUT2D eigenvalue weighted by molar-refractivity contribution is 0.415. The highest BCUT2D eigenvalue weighted by atomic mass is 16.1. The second kappa shape index (κ2) is 5.34. The predicted octanol–water partition coefficient (Wildman–Crippen LogP) is 2.61. The standard InChI is InChI=1S/C17H18N6O/c1-10(2)22-9-13(8-19-22)15-14(11-4-3-5-11)17(24)23-16(21-15)12(6-18)7-20-23/h7-11,21H,3-5H2,1-2H3. The summed E-state index contributed by atoms with van der Waals surface area (Å²) < 4.78 is 3.17. The first kappa shape index (κ1) is 14.7. The van der Waals surface area contributed by atoms with Gasteiger partial charge in [0.05, 0.1) is 18.1 Å². The van der Waals surface area contributed by atoms with Gasteiger partial charge in [0.2, 0.25) is 0 Å². The minimum absolute atomic E-state index is 0.137. The van der Waals surface area contributed by atoms with Crippen LogP contribution in [0.3, 0.4) is 0 Å². The molecule has 0 atom stereocenters. The molecule has 1 fully saturated rings. The average molecular weight is 322 g/mol. The summed E-state index contributed by atoms with van der Waals surface area (Å²) in [5.41, 5.74) is 3.06. The number of nitrogens with zero attached hydrogens (tertiary/aromatic N) is 5. The molecule has 122 valence electrons. The van der Waals surface area contributed by atoms with Crippen molar-refractivity contribution in [3.05, 3.63) is 40.1 Å². The van der Waals surface area contributed by atoms with E-state index < -0.39 is 0 Å². The summed E-state index contributed by atoms with van der Waals surface area (Å²) >= 11 is 0. The van der Waals surface area contributed by atoms with Crippen molar-refractivity contribution < 1.29 is 0 Å². The molecule has 0 bridgehead atoms. The summed E-state index contributed by atoms with van der Waals surface area (Å²) in [5.74, 6) is 0.241. The van der Waals surface area contributed by atoms with Gasteiger partial charge in [0, 0.05) is 23.4 Å². The first-order valence-corrected chi connectivity index (χ1v) is 8.18. The fourth-order valence-electron chi connectivity index (χ4n) is 3.16. The molecule has 3 aromatic rings. The van der Waals surface area contributed by atoms with E-state index in [0.29, 0.717) is 11.2 Å². The molecule has 0 unspecified atom stereocenters. The van der Waals surface area contributed by atoms with Gasteiger partial charge in [0.15, 0.2) is 5.65 Å². The highest BCUT2D eigenvalue weighted by molar-refractivity contribution is 5.67. The SMILES string of the molecule is CC(C)n1cc(-c2[nH]c3c(C#N)cnn3c(=O)c2C2CCC2)cn1. The number of aromatic amines is 1. The third-order valence-electron chi connectivity index (χ3n) is 4.76. The topological polar surface area (TPSA) is 91.8 Å². The minimum atomic E-state index is -0.137. The van der Waals surface area contributed by atoms with Gasteiger partial charge in [0.25, 0.3) is 5.56 Å². The van der Waals surface area contributed by atoms with Gasteiger partial charge in [-0.25, -0.2) is 0 Å². The van der Waals surface area contributed by atoms with Crippen LogP contribution >= 0.6 is 0 Å². The molecule has 0 amide bonds. The monoisotopic (exact) mass is 322 g/mol. The predicted molar refractivity (Wildman–Crippen MR) is 88.7 cm³/mol. The van der Waals surface area contributed by atoms with Gasteiger partial charge in [-0.3, -0.25) is 9.48 Å². The highest BCUT2D eigenvalue weighted by Crippen LogP contribution is 2.38. The molecule has 7 heteroatoms. The Morgan fingerprint density at radius 2 is 2.12 bits per heavy atom. The van der Waals surface area contributed by atoms with E-state index in [4.69, 9.17) is 0 Å². The summed E-state index contributed by atoms with van der Waals surface area (Å²) in [7, 11) is 0. The van der Waals surface area contributed by atoms with E-state index in [1.807, 2.05) is 10.9 Å². The summed E-state index contributed by atoms with van der Waals surface area (Å²) in [6.45, 7) is 4.11. The van der Waals surface area contributed by atoms with E-state index in [0.717, 1.165) is 36.1 Å². The van der Waals surface area contributed by atoms with Crippen LogP contribution in [-0.4, -0.2) is 24.4 Å². The molecule has 1 saturated carbocycles. The van der Waals surface area contributed by atoms with Crippen LogP contribution in [0.25, 0.3) is 16.9 Å². The van der Waals surface area contributed by atoms with Crippen LogP contribution in [0.15, 0.2) is 23.4 Å². The summed E-state index contributed by atoms with van der Waals surface area (Å²) in [6.07, 6.45) is 8.29. The van der Waals surface area contributed by atoms with Gasteiger partial charge in [-0.05, 0) is 32.6 Å². The molecule has 1 aliphatic carbocycles. The quantitative estimate of drug-likeness (QED) is 0.802. The van der Waals surface area contributed by atoms with Crippen molar-refractivity contribution in [2.45, 2.75) is 45.1 Å². The van der Waals surface area contributed by atoms with Gasteiger partial charge in [-0.2, -0.15) is 20.0 Å². The lowest BCUT2D eigenvalue weighted by Gasteiger charge is -2.26. The lowest BCUT2D eigenvalue weighted by Crippen LogP contribution is -2.26. The molecule has 3 heterocycles. The van der Waals surface area contributed by atoms with Gasteiger partial charge >= 0.3 is 0 Å². The molecule has 0 radical (unpaired) electrons. The minimum Gasteiger partial charge on any atom is -0.338 e. The van der Waals surface area contributed by atoms with Crippen molar-refractivity contribution >= 4 is 5.65 Å². The molecule has 0 spiro atoms. The van der Waals surface area contributed by atoms with Crippen LogP contribution in [0.1, 0.15) is 56.2 Å². The van der Waals surface area contributed by atoms with Crippen molar-refractivity contribution in [1.82, 2.24) is 24.4 Å². The fraction of sp³-hybridized carbons (Fsp3) is 0.412. The number of fused-ring (bicyclic) bond motifs is 1. The maximum Gasteiger partial charge on any atom is 0.278 e. The number of nitrogens with one attached hydrogen (secondary N) is 1. The second-order valence-corrected chi connectivity index (χ2v) is 6.58. The van der Waals surface area contributed by atoms with E-state index >= 15 is 0 Å². The van der Waals surface area contributed by atoms with E-state index in [-0.39, 0.29) is 17.5 Å². The molecule has 1 aliphatic rings. The number of hydrogen-bond acceptors (Lipinski definition) is 4. The largest absolute Gasteiger partial charge is 0.338 e. The summed E-state index contributed by atoms with van der Waals surface area (Å²) in [4.78, 5) is 16.2. The molecule has 0 saturated heterocycles. The molecule has 4 rings (SSSR count). The molecular weight excluding hydrogens is 304 g/mol. The number of H-pyrrole nitrogens is 1. The van der Waals surface area contributed by atoms with Crippen LogP contribution in [0.4, 0.5) is 0 Å².